The number of nitrogens with one attached hydrogen (secondary N) is 2. The van der Waals surface area contributed by atoms with E-state index in [1.165, 1.54) is 0 Å². The molecule has 0 spiro atoms. The predicted molar refractivity (Wildman–Crippen MR) is 94.8 cm³/mol. The lowest BCUT2D eigenvalue weighted by atomic mass is 10.2. The van der Waals surface area contributed by atoms with Gasteiger partial charge in [-0.05, 0) is 60.8 Å². The molecule has 142 valence electrons. The fourth-order valence-electron chi connectivity index (χ4n) is 1.69. The molecular weight excluding hydrogens is 310 g/mol. The molecule has 0 aromatic heterocycles. The molecule has 24 heavy (non-hydrogen) atoms. The second-order valence-corrected chi connectivity index (χ2v) is 7.81. The van der Waals surface area contributed by atoms with Gasteiger partial charge in [-0.25, -0.2) is 4.79 Å². The van der Waals surface area contributed by atoms with Crippen LogP contribution in [0.5, 0.6) is 0 Å². The average molecular weight is 345 g/mol. The fourth-order valence-corrected chi connectivity index (χ4v) is 1.69. The van der Waals surface area contributed by atoms with Gasteiger partial charge in [0.25, 0.3) is 0 Å². The number of rotatable bonds is 9. The summed E-state index contributed by atoms with van der Waals surface area (Å²) in [5.74, 6) is -0.203. The topological polar surface area (TPSA) is 103 Å². The predicted octanol–water partition coefficient (Wildman–Crippen LogP) is 1.94. The molecule has 0 radical (unpaired) electrons. The van der Waals surface area contributed by atoms with E-state index in [-0.39, 0.29) is 18.1 Å². The Morgan fingerprint density at radius 1 is 0.917 bits per heavy atom. The Morgan fingerprint density at radius 2 is 1.46 bits per heavy atom. The minimum atomic E-state index is -0.655. The summed E-state index contributed by atoms with van der Waals surface area (Å²) in [6, 6.07) is -0.655. The lowest BCUT2D eigenvalue weighted by molar-refractivity contribution is -0.125. The van der Waals surface area contributed by atoms with Crippen LogP contribution in [0.2, 0.25) is 0 Å². The minimum absolute atomic E-state index is 0.203. The van der Waals surface area contributed by atoms with Crippen LogP contribution in [0.3, 0.4) is 0 Å². The van der Waals surface area contributed by atoms with Gasteiger partial charge >= 0.3 is 6.09 Å². The zero-order chi connectivity index (χ0) is 18.8. The van der Waals surface area contributed by atoms with Gasteiger partial charge in [-0.1, -0.05) is 0 Å². The summed E-state index contributed by atoms with van der Waals surface area (Å²) < 4.78 is 10.6. The van der Waals surface area contributed by atoms with Gasteiger partial charge in [-0.2, -0.15) is 0 Å². The van der Waals surface area contributed by atoms with Gasteiger partial charge in [0.2, 0.25) is 5.91 Å². The standard InChI is InChI=1S/C17H35N3O4/c1-16(2,3)23-12-13(18)14(21)19-10-8-7-9-11-20-15(22)24-17(4,5)6/h13H,7-12,18H2,1-6H3,(H,19,21)(H,20,22)/t13-/m0/s1. The number of nitrogens with two attached hydrogens (primary N) is 1. The highest BCUT2D eigenvalue weighted by Gasteiger charge is 2.18. The molecule has 0 bridgehead atoms. The first-order chi connectivity index (χ1) is 10.9. The number of carbonyl (C=O) groups is 2. The first-order valence-corrected chi connectivity index (χ1v) is 8.55. The Hall–Kier alpha value is -1.34. The summed E-state index contributed by atoms with van der Waals surface area (Å²) >= 11 is 0. The third kappa shape index (κ3) is 14.3. The molecule has 0 heterocycles. The summed E-state index contributed by atoms with van der Waals surface area (Å²) in [7, 11) is 0. The summed E-state index contributed by atoms with van der Waals surface area (Å²) in [5.41, 5.74) is 4.98. The van der Waals surface area contributed by atoms with Crippen LogP contribution in [0.1, 0.15) is 60.8 Å². The van der Waals surface area contributed by atoms with Crippen LogP contribution < -0.4 is 16.4 Å². The fraction of sp³-hybridized carbons (Fsp3) is 0.882. The number of hydrogen-bond acceptors (Lipinski definition) is 5. The molecule has 0 aliphatic carbocycles. The van der Waals surface area contributed by atoms with Gasteiger partial charge in [0, 0.05) is 13.1 Å². The molecule has 0 aromatic carbocycles. The van der Waals surface area contributed by atoms with Gasteiger partial charge in [-0.3, -0.25) is 4.79 Å². The van der Waals surface area contributed by atoms with Crippen molar-refractivity contribution in [3.8, 4) is 0 Å². The van der Waals surface area contributed by atoms with E-state index < -0.39 is 17.7 Å². The summed E-state index contributed by atoms with van der Waals surface area (Å²) in [6.07, 6.45) is 2.15. The van der Waals surface area contributed by atoms with Gasteiger partial charge in [0.15, 0.2) is 0 Å². The van der Waals surface area contributed by atoms with Crippen LogP contribution in [-0.2, 0) is 14.3 Å². The maximum absolute atomic E-state index is 11.8. The van der Waals surface area contributed by atoms with Crippen molar-refractivity contribution in [3.05, 3.63) is 0 Å². The van der Waals surface area contributed by atoms with Crippen molar-refractivity contribution in [1.29, 1.82) is 0 Å². The van der Waals surface area contributed by atoms with Gasteiger partial charge in [0.05, 0.1) is 12.2 Å². The van der Waals surface area contributed by atoms with Crippen LogP contribution in [0, 0.1) is 0 Å². The monoisotopic (exact) mass is 345 g/mol. The molecule has 2 amide bonds. The third-order valence-electron chi connectivity index (χ3n) is 2.85. The van der Waals surface area contributed by atoms with Crippen LogP contribution in [-0.4, -0.2) is 48.9 Å². The number of ether oxygens (including phenoxy) is 2. The van der Waals surface area contributed by atoms with Crippen LogP contribution in [0.4, 0.5) is 4.79 Å². The number of alkyl carbamates (subject to hydrolysis) is 1. The third-order valence-corrected chi connectivity index (χ3v) is 2.85. The highest BCUT2D eigenvalue weighted by molar-refractivity contribution is 5.81. The summed E-state index contributed by atoms with van der Waals surface area (Å²) in [4.78, 5) is 23.2. The highest BCUT2D eigenvalue weighted by Crippen LogP contribution is 2.07. The molecule has 4 N–H and O–H groups in total. The van der Waals surface area contributed by atoms with E-state index in [9.17, 15) is 9.59 Å². The molecule has 0 saturated carbocycles. The highest BCUT2D eigenvalue weighted by atomic mass is 16.6. The SMILES string of the molecule is CC(C)(C)OC[C@H](N)C(=O)NCCCCCNC(=O)OC(C)(C)C. The van der Waals surface area contributed by atoms with Crippen molar-refractivity contribution < 1.29 is 19.1 Å². The largest absolute Gasteiger partial charge is 0.444 e. The molecular formula is C17H35N3O4. The van der Waals surface area contributed by atoms with Crippen molar-refractivity contribution in [2.75, 3.05) is 19.7 Å². The van der Waals surface area contributed by atoms with Crippen molar-refractivity contribution in [1.82, 2.24) is 10.6 Å². The van der Waals surface area contributed by atoms with Gasteiger partial charge in [-0.15, -0.1) is 0 Å². The first kappa shape index (κ1) is 22.7. The minimum Gasteiger partial charge on any atom is -0.444 e. The van der Waals surface area contributed by atoms with E-state index >= 15 is 0 Å². The van der Waals surface area contributed by atoms with Gasteiger partial charge in [0.1, 0.15) is 11.6 Å². The molecule has 0 saturated heterocycles. The lowest BCUT2D eigenvalue weighted by Gasteiger charge is -2.22. The Balaban J connectivity index is 3.62. The lowest BCUT2D eigenvalue weighted by Crippen LogP contribution is -2.45. The average Bonchev–Trinajstić information content (AvgIpc) is 2.40. The molecule has 0 fully saturated rings. The van der Waals surface area contributed by atoms with E-state index in [1.807, 2.05) is 41.5 Å². The Kier molecular flexibility index (Phi) is 9.92. The Labute approximate surface area is 146 Å². The zero-order valence-corrected chi connectivity index (χ0v) is 16.0. The molecule has 7 heteroatoms. The maximum atomic E-state index is 11.8. The van der Waals surface area contributed by atoms with E-state index in [4.69, 9.17) is 15.2 Å². The molecule has 0 aromatic rings. The van der Waals surface area contributed by atoms with Crippen molar-refractivity contribution >= 4 is 12.0 Å². The van der Waals surface area contributed by atoms with E-state index in [1.54, 1.807) is 0 Å². The van der Waals surface area contributed by atoms with E-state index in [0.717, 1.165) is 19.3 Å². The van der Waals surface area contributed by atoms with Gasteiger partial charge < -0.3 is 25.8 Å². The first-order valence-electron chi connectivity index (χ1n) is 8.55. The quantitative estimate of drug-likeness (QED) is 0.554. The summed E-state index contributed by atoms with van der Waals surface area (Å²) in [5, 5.41) is 5.50. The van der Waals surface area contributed by atoms with E-state index in [2.05, 4.69) is 10.6 Å². The number of hydrogen-bond donors (Lipinski definition) is 3. The number of carbonyl (C=O) groups excluding carboxylic acids is 2. The van der Waals surface area contributed by atoms with Crippen LogP contribution >= 0.6 is 0 Å². The smallest absolute Gasteiger partial charge is 0.407 e. The number of unbranched alkanes of at least 4 members (excludes halogenated alkanes) is 2. The molecule has 0 aliphatic heterocycles. The molecule has 7 nitrogen and oxygen atoms in total. The van der Waals surface area contributed by atoms with Crippen molar-refractivity contribution in [3.63, 3.8) is 0 Å². The Morgan fingerprint density at radius 3 is 1.96 bits per heavy atom. The summed E-state index contributed by atoms with van der Waals surface area (Å²) in [6.45, 7) is 12.6. The molecule has 1 atom stereocenters. The number of amides is 2. The molecule has 0 unspecified atom stereocenters. The second-order valence-electron chi connectivity index (χ2n) is 7.81. The molecule has 0 rings (SSSR count). The van der Waals surface area contributed by atoms with Crippen LogP contribution in [0.25, 0.3) is 0 Å². The van der Waals surface area contributed by atoms with Crippen molar-refractivity contribution in [2.45, 2.75) is 78.0 Å². The van der Waals surface area contributed by atoms with Crippen LogP contribution in [0.15, 0.2) is 0 Å². The maximum Gasteiger partial charge on any atom is 0.407 e. The second kappa shape index (κ2) is 10.5. The van der Waals surface area contributed by atoms with E-state index in [0.29, 0.717) is 13.1 Å². The molecule has 0 aliphatic rings. The normalized spacial score (nSPS) is 13.3. The zero-order valence-electron chi connectivity index (χ0n) is 16.0. The van der Waals surface area contributed by atoms with Crippen molar-refractivity contribution in [2.24, 2.45) is 5.73 Å². The Bertz CT molecular complexity index is 386.